The van der Waals surface area contributed by atoms with Gasteiger partial charge in [-0.1, -0.05) is 29.8 Å². The molecular weight excluding hydrogens is 550 g/mol. The van der Waals surface area contributed by atoms with Crippen LogP contribution in [0.1, 0.15) is 34.6 Å². The zero-order valence-corrected chi connectivity index (χ0v) is 19.6. The van der Waals surface area contributed by atoms with Crippen molar-refractivity contribution in [3.05, 3.63) is 69.5 Å². The highest BCUT2D eigenvalue weighted by atomic mass is 35.5. The van der Waals surface area contributed by atoms with Crippen LogP contribution in [-0.4, -0.2) is 22.2 Å². The van der Waals surface area contributed by atoms with E-state index in [9.17, 15) is 40.3 Å². The number of carbonyl (C=O) groups is 2. The Balaban J connectivity index is 1.72. The molecule has 1 fully saturated rings. The fourth-order valence-electron chi connectivity index (χ4n) is 3.72. The molecule has 1 aliphatic carbocycles. The monoisotopic (exact) mass is 563 g/mol. The van der Waals surface area contributed by atoms with Gasteiger partial charge in [0.05, 0.1) is 11.5 Å². The van der Waals surface area contributed by atoms with Crippen LogP contribution in [-0.2, 0) is 28.7 Å². The predicted octanol–water partition coefficient (Wildman–Crippen LogP) is 6.77. The van der Waals surface area contributed by atoms with E-state index in [-0.39, 0.29) is 29.1 Å². The summed E-state index contributed by atoms with van der Waals surface area (Å²) >= 11 is 18.4. The van der Waals surface area contributed by atoms with Crippen molar-refractivity contribution in [2.75, 3.05) is 0 Å². The Kier molecular flexibility index (Phi) is 7.70. The summed E-state index contributed by atoms with van der Waals surface area (Å²) < 4.78 is 87.9. The Labute approximate surface area is 209 Å². The van der Waals surface area contributed by atoms with Crippen LogP contribution < -0.4 is 5.32 Å². The van der Waals surface area contributed by atoms with Crippen LogP contribution in [0.15, 0.2) is 36.4 Å². The van der Waals surface area contributed by atoms with E-state index in [1.807, 2.05) is 0 Å². The average molecular weight is 565 g/mol. The summed E-state index contributed by atoms with van der Waals surface area (Å²) in [6.45, 7) is -0.327. The van der Waals surface area contributed by atoms with Gasteiger partial charge in [-0.15, -0.1) is 23.2 Å². The molecule has 0 bridgehead atoms. The lowest BCUT2D eigenvalue weighted by atomic mass is 10.00. The highest BCUT2D eigenvalue weighted by Crippen LogP contribution is 2.65. The lowest BCUT2D eigenvalue weighted by Gasteiger charge is -2.11. The van der Waals surface area contributed by atoms with E-state index in [1.165, 1.54) is 18.2 Å². The standard InChI is InChI=1S/C22H15Cl3F7NO2/c23-14-3-1-10(5-12(14)9-33-17(35)8-20(27,28)29)6-16(34)19-18(21(19,24)25)11-2-4-15(26)13(7-11)22(30,31)32/h1-5,7,18-19H,6,8-9H2,(H,33,35). The molecule has 0 radical (unpaired) electrons. The molecule has 2 unspecified atom stereocenters. The summed E-state index contributed by atoms with van der Waals surface area (Å²) in [6.07, 6.45) is -11.6. The Morgan fingerprint density at radius 1 is 1.00 bits per heavy atom. The van der Waals surface area contributed by atoms with Crippen LogP contribution >= 0.6 is 34.8 Å². The Morgan fingerprint density at radius 2 is 1.66 bits per heavy atom. The van der Waals surface area contributed by atoms with Gasteiger partial charge in [0.25, 0.3) is 0 Å². The third-order valence-electron chi connectivity index (χ3n) is 5.38. The van der Waals surface area contributed by atoms with Crippen LogP contribution in [0.25, 0.3) is 0 Å². The SMILES string of the molecule is O=C(CC(F)(F)F)NCc1cc(CC(=O)C2C(c3ccc(F)c(C(F)(F)F)c3)C2(Cl)Cl)ccc1Cl. The van der Waals surface area contributed by atoms with E-state index in [2.05, 4.69) is 5.32 Å². The molecule has 35 heavy (non-hydrogen) atoms. The number of rotatable bonds is 7. The van der Waals surface area contributed by atoms with Crippen LogP contribution in [0.2, 0.25) is 5.02 Å². The van der Waals surface area contributed by atoms with Gasteiger partial charge < -0.3 is 5.32 Å². The fraction of sp³-hybridized carbons (Fsp3) is 0.364. The molecule has 3 nitrogen and oxygen atoms in total. The van der Waals surface area contributed by atoms with Crippen molar-refractivity contribution in [1.82, 2.24) is 5.32 Å². The van der Waals surface area contributed by atoms with Crippen LogP contribution in [0, 0.1) is 11.7 Å². The maximum Gasteiger partial charge on any atom is 0.419 e. The first-order valence-electron chi connectivity index (χ1n) is 9.88. The van der Waals surface area contributed by atoms with Crippen molar-refractivity contribution >= 4 is 46.5 Å². The number of nitrogens with one attached hydrogen (secondary N) is 1. The molecule has 0 spiro atoms. The second-order valence-corrected chi connectivity index (χ2v) is 9.86. The fourth-order valence-corrected chi connectivity index (χ4v) is 4.78. The summed E-state index contributed by atoms with van der Waals surface area (Å²) in [5.74, 6) is -5.35. The highest BCUT2D eigenvalue weighted by molar-refractivity contribution is 6.53. The Bertz CT molecular complexity index is 1150. The van der Waals surface area contributed by atoms with Gasteiger partial charge in [-0.3, -0.25) is 9.59 Å². The molecule has 2 aromatic rings. The first-order valence-corrected chi connectivity index (χ1v) is 11.0. The molecule has 1 saturated carbocycles. The number of hydrogen-bond acceptors (Lipinski definition) is 2. The topological polar surface area (TPSA) is 46.2 Å². The lowest BCUT2D eigenvalue weighted by Crippen LogP contribution is -2.28. The van der Waals surface area contributed by atoms with Crippen LogP contribution in [0.5, 0.6) is 0 Å². The number of amides is 1. The van der Waals surface area contributed by atoms with Crippen LogP contribution in [0.4, 0.5) is 30.7 Å². The molecule has 0 heterocycles. The molecule has 0 aromatic heterocycles. The van der Waals surface area contributed by atoms with Gasteiger partial charge in [0, 0.05) is 23.9 Å². The van der Waals surface area contributed by atoms with E-state index in [4.69, 9.17) is 34.8 Å². The first-order chi connectivity index (χ1) is 16.0. The van der Waals surface area contributed by atoms with Crippen molar-refractivity contribution in [3.63, 3.8) is 0 Å². The highest BCUT2D eigenvalue weighted by Gasteiger charge is 2.67. The smallest absolute Gasteiger partial charge is 0.352 e. The van der Waals surface area contributed by atoms with Gasteiger partial charge in [-0.05, 0) is 34.9 Å². The lowest BCUT2D eigenvalue weighted by molar-refractivity contribution is -0.154. The molecule has 13 heteroatoms. The third kappa shape index (κ3) is 6.59. The number of ketones is 1. The molecule has 3 rings (SSSR count). The average Bonchev–Trinajstić information content (AvgIpc) is 3.28. The molecule has 1 N–H and O–H groups in total. The number of hydrogen-bond donors (Lipinski definition) is 1. The molecular formula is C22H15Cl3F7NO2. The van der Waals surface area contributed by atoms with Crippen molar-refractivity contribution in [3.8, 4) is 0 Å². The van der Waals surface area contributed by atoms with Gasteiger partial charge in [0.2, 0.25) is 5.91 Å². The number of Topliss-reactive ketones (excluding diaryl/α,β-unsaturated/α-hetero) is 1. The number of alkyl halides is 8. The van der Waals surface area contributed by atoms with Crippen molar-refractivity contribution in [2.24, 2.45) is 5.92 Å². The second kappa shape index (κ2) is 9.78. The summed E-state index contributed by atoms with van der Waals surface area (Å²) in [5, 5.41) is 2.21. The molecule has 2 aromatic carbocycles. The summed E-state index contributed by atoms with van der Waals surface area (Å²) in [5.41, 5.74) is -0.945. The van der Waals surface area contributed by atoms with E-state index in [0.717, 1.165) is 6.07 Å². The summed E-state index contributed by atoms with van der Waals surface area (Å²) in [7, 11) is 0. The van der Waals surface area contributed by atoms with Crippen molar-refractivity contribution in [1.29, 1.82) is 0 Å². The molecule has 2 atom stereocenters. The van der Waals surface area contributed by atoms with E-state index >= 15 is 0 Å². The largest absolute Gasteiger partial charge is 0.419 e. The third-order valence-corrected chi connectivity index (χ3v) is 6.69. The normalized spacial score (nSPS) is 19.4. The minimum atomic E-state index is -4.95. The molecule has 0 saturated heterocycles. The molecule has 0 aliphatic heterocycles. The second-order valence-electron chi connectivity index (χ2n) is 8.00. The van der Waals surface area contributed by atoms with Crippen molar-refractivity contribution in [2.45, 2.75) is 42.0 Å². The first kappa shape index (κ1) is 27.5. The van der Waals surface area contributed by atoms with Gasteiger partial charge in [-0.25, -0.2) is 4.39 Å². The maximum atomic E-state index is 13.6. The minimum Gasteiger partial charge on any atom is -0.352 e. The van der Waals surface area contributed by atoms with Gasteiger partial charge in [0.15, 0.2) is 0 Å². The van der Waals surface area contributed by atoms with Crippen LogP contribution in [0.3, 0.4) is 0 Å². The maximum absolute atomic E-state index is 13.6. The quantitative estimate of drug-likeness (QED) is 0.298. The molecule has 1 amide bonds. The van der Waals surface area contributed by atoms with Gasteiger partial charge in [0.1, 0.15) is 22.4 Å². The van der Waals surface area contributed by atoms with Gasteiger partial charge in [-0.2, -0.15) is 26.3 Å². The zero-order valence-electron chi connectivity index (χ0n) is 17.3. The summed E-state index contributed by atoms with van der Waals surface area (Å²) in [4.78, 5) is 24.3. The van der Waals surface area contributed by atoms with E-state index in [1.54, 1.807) is 0 Å². The number of carbonyl (C=O) groups excluding carboxylic acids is 2. The Morgan fingerprint density at radius 3 is 2.26 bits per heavy atom. The molecule has 1 aliphatic rings. The zero-order chi connectivity index (χ0) is 26.3. The van der Waals surface area contributed by atoms with E-state index in [0.29, 0.717) is 17.7 Å². The predicted molar refractivity (Wildman–Crippen MR) is 115 cm³/mol. The Hall–Kier alpha value is -2.04. The number of halogens is 10. The number of benzene rings is 2. The van der Waals surface area contributed by atoms with Gasteiger partial charge >= 0.3 is 12.4 Å². The van der Waals surface area contributed by atoms with E-state index < -0.39 is 58.0 Å². The molecule has 190 valence electrons. The minimum absolute atomic E-state index is 0.0498. The van der Waals surface area contributed by atoms with Crippen molar-refractivity contribution < 1.29 is 40.3 Å². The summed E-state index contributed by atoms with van der Waals surface area (Å²) in [6, 6.07) is 6.51.